The largest absolute Gasteiger partial charge is 0.420 e. The Morgan fingerprint density at radius 3 is 2.80 bits per heavy atom. The van der Waals surface area contributed by atoms with E-state index in [9.17, 15) is 4.79 Å². The number of hydrogen-bond donors (Lipinski definition) is 0. The van der Waals surface area contributed by atoms with Crippen molar-refractivity contribution in [3.8, 4) is 11.5 Å². The molecule has 1 aliphatic heterocycles. The topological polar surface area (TPSA) is 59.2 Å². The van der Waals surface area contributed by atoms with Crippen molar-refractivity contribution in [1.82, 2.24) is 15.1 Å². The monoisotopic (exact) mass is 353 g/mol. The van der Waals surface area contributed by atoms with E-state index in [1.165, 1.54) is 0 Å². The molecule has 0 saturated carbocycles. The van der Waals surface area contributed by atoms with Crippen LogP contribution in [0.3, 0.4) is 0 Å². The van der Waals surface area contributed by atoms with Gasteiger partial charge in [-0.25, -0.2) is 0 Å². The van der Waals surface area contributed by atoms with Crippen LogP contribution in [0.15, 0.2) is 46.9 Å². The standard InChI is InChI=1S/C19H19N3O2S/c1-13-9-10-16(25-13)19(23)22-11-5-8-15(12-22)18-21-20-17(24-18)14-6-3-2-4-7-14/h2-4,6-7,9-10,15H,5,8,11-12H2,1H3/t15-/m0/s1. The van der Waals surface area contributed by atoms with Crippen molar-refractivity contribution in [3.63, 3.8) is 0 Å². The number of likely N-dealkylation sites (tertiary alicyclic amines) is 1. The normalized spacial score (nSPS) is 17.6. The molecule has 0 bridgehead atoms. The molecule has 6 heteroatoms. The summed E-state index contributed by atoms with van der Waals surface area (Å²) in [4.78, 5) is 16.5. The smallest absolute Gasteiger partial charge is 0.263 e. The molecule has 1 atom stereocenters. The van der Waals surface area contributed by atoms with Crippen molar-refractivity contribution in [2.75, 3.05) is 13.1 Å². The highest BCUT2D eigenvalue weighted by atomic mass is 32.1. The molecule has 3 heterocycles. The number of carbonyl (C=O) groups excluding carboxylic acids is 1. The van der Waals surface area contributed by atoms with Gasteiger partial charge in [0.05, 0.1) is 10.8 Å². The summed E-state index contributed by atoms with van der Waals surface area (Å²) < 4.78 is 5.89. The number of amides is 1. The van der Waals surface area contributed by atoms with Gasteiger partial charge >= 0.3 is 0 Å². The van der Waals surface area contributed by atoms with Crippen LogP contribution in [-0.2, 0) is 0 Å². The number of benzene rings is 1. The van der Waals surface area contributed by atoms with Gasteiger partial charge in [0, 0.05) is 23.5 Å². The van der Waals surface area contributed by atoms with E-state index in [0.717, 1.165) is 34.7 Å². The first-order valence-corrected chi connectivity index (χ1v) is 9.27. The minimum absolute atomic E-state index is 0.101. The Bertz CT molecular complexity index is 872. The number of aryl methyl sites for hydroxylation is 1. The minimum atomic E-state index is 0.101. The van der Waals surface area contributed by atoms with Crippen LogP contribution in [0.25, 0.3) is 11.5 Å². The number of nitrogens with zero attached hydrogens (tertiary/aromatic N) is 3. The second kappa shape index (κ2) is 6.80. The van der Waals surface area contributed by atoms with E-state index in [0.29, 0.717) is 18.3 Å². The lowest BCUT2D eigenvalue weighted by Gasteiger charge is -2.30. The summed E-state index contributed by atoms with van der Waals surface area (Å²) in [5.41, 5.74) is 0.916. The van der Waals surface area contributed by atoms with Gasteiger partial charge in [-0.1, -0.05) is 18.2 Å². The van der Waals surface area contributed by atoms with Crippen LogP contribution in [-0.4, -0.2) is 34.1 Å². The number of hydrogen-bond acceptors (Lipinski definition) is 5. The zero-order valence-electron chi connectivity index (χ0n) is 14.0. The maximum atomic E-state index is 12.7. The van der Waals surface area contributed by atoms with Gasteiger partial charge in [0.15, 0.2) is 0 Å². The molecule has 0 radical (unpaired) electrons. The summed E-state index contributed by atoms with van der Waals surface area (Å²) >= 11 is 1.55. The Kier molecular flexibility index (Phi) is 4.36. The first kappa shape index (κ1) is 16.0. The Hall–Kier alpha value is -2.47. The van der Waals surface area contributed by atoms with Crippen molar-refractivity contribution in [2.24, 2.45) is 0 Å². The molecule has 1 aliphatic rings. The van der Waals surface area contributed by atoms with Gasteiger partial charge in [-0.15, -0.1) is 21.5 Å². The molecular formula is C19H19N3O2S. The molecule has 25 heavy (non-hydrogen) atoms. The highest BCUT2D eigenvalue weighted by Crippen LogP contribution is 2.29. The first-order chi connectivity index (χ1) is 12.2. The second-order valence-electron chi connectivity index (χ2n) is 6.31. The van der Waals surface area contributed by atoms with Gasteiger partial charge in [0.2, 0.25) is 11.8 Å². The number of rotatable bonds is 3. The summed E-state index contributed by atoms with van der Waals surface area (Å²) in [5, 5.41) is 8.41. The fourth-order valence-electron chi connectivity index (χ4n) is 3.17. The summed E-state index contributed by atoms with van der Waals surface area (Å²) in [6.45, 7) is 3.43. The number of thiophene rings is 1. The van der Waals surface area contributed by atoms with Gasteiger partial charge in [0.1, 0.15) is 0 Å². The van der Waals surface area contributed by atoms with Crippen LogP contribution in [0.1, 0.15) is 39.2 Å². The fourth-order valence-corrected chi connectivity index (χ4v) is 4.00. The summed E-state index contributed by atoms with van der Waals surface area (Å²) in [6, 6.07) is 13.7. The molecule has 1 aromatic carbocycles. The third-order valence-electron chi connectivity index (χ3n) is 4.47. The molecule has 0 unspecified atom stereocenters. The zero-order valence-corrected chi connectivity index (χ0v) is 14.8. The summed E-state index contributed by atoms with van der Waals surface area (Å²) in [7, 11) is 0. The Balaban J connectivity index is 1.50. The van der Waals surface area contributed by atoms with E-state index in [1.807, 2.05) is 54.3 Å². The van der Waals surface area contributed by atoms with Crippen LogP contribution in [0.5, 0.6) is 0 Å². The van der Waals surface area contributed by atoms with E-state index >= 15 is 0 Å². The molecule has 0 spiro atoms. The predicted octanol–water partition coefficient (Wildman–Crippen LogP) is 4.13. The molecule has 1 fully saturated rings. The van der Waals surface area contributed by atoms with Crippen molar-refractivity contribution >= 4 is 17.2 Å². The van der Waals surface area contributed by atoms with E-state index in [2.05, 4.69) is 10.2 Å². The van der Waals surface area contributed by atoms with Gasteiger partial charge in [-0.2, -0.15) is 0 Å². The lowest BCUT2D eigenvalue weighted by atomic mass is 9.98. The van der Waals surface area contributed by atoms with E-state index in [1.54, 1.807) is 11.3 Å². The van der Waals surface area contributed by atoms with Gasteiger partial charge in [-0.3, -0.25) is 4.79 Å². The van der Waals surface area contributed by atoms with Crippen molar-refractivity contribution in [1.29, 1.82) is 0 Å². The summed E-state index contributed by atoms with van der Waals surface area (Å²) in [5.74, 6) is 1.36. The van der Waals surface area contributed by atoms with Crippen LogP contribution in [0, 0.1) is 6.92 Å². The van der Waals surface area contributed by atoms with Crippen LogP contribution in [0.2, 0.25) is 0 Å². The predicted molar refractivity (Wildman–Crippen MR) is 96.7 cm³/mol. The van der Waals surface area contributed by atoms with Crippen LogP contribution >= 0.6 is 11.3 Å². The molecule has 5 nitrogen and oxygen atoms in total. The zero-order chi connectivity index (χ0) is 17.2. The van der Waals surface area contributed by atoms with Gasteiger partial charge in [0.25, 0.3) is 5.91 Å². The molecule has 1 amide bonds. The number of carbonyl (C=O) groups is 1. The van der Waals surface area contributed by atoms with Gasteiger partial charge in [-0.05, 0) is 44.0 Å². The van der Waals surface area contributed by atoms with Crippen molar-refractivity contribution < 1.29 is 9.21 Å². The maximum absolute atomic E-state index is 12.7. The van der Waals surface area contributed by atoms with Crippen LogP contribution in [0.4, 0.5) is 0 Å². The third-order valence-corrected chi connectivity index (χ3v) is 5.46. The highest BCUT2D eigenvalue weighted by Gasteiger charge is 2.29. The molecule has 2 aromatic heterocycles. The Labute approximate surface area is 150 Å². The van der Waals surface area contributed by atoms with E-state index in [-0.39, 0.29) is 11.8 Å². The molecule has 0 aliphatic carbocycles. The molecular weight excluding hydrogens is 334 g/mol. The van der Waals surface area contributed by atoms with Crippen molar-refractivity contribution in [3.05, 3.63) is 58.1 Å². The minimum Gasteiger partial charge on any atom is -0.420 e. The maximum Gasteiger partial charge on any atom is 0.263 e. The Morgan fingerprint density at radius 1 is 1.20 bits per heavy atom. The fraction of sp³-hybridized carbons (Fsp3) is 0.316. The quantitative estimate of drug-likeness (QED) is 0.710. The number of aromatic nitrogens is 2. The molecule has 3 aromatic rings. The Morgan fingerprint density at radius 2 is 2.04 bits per heavy atom. The van der Waals surface area contributed by atoms with Gasteiger partial charge < -0.3 is 9.32 Å². The first-order valence-electron chi connectivity index (χ1n) is 8.45. The average Bonchev–Trinajstić information content (AvgIpc) is 3.31. The molecule has 1 saturated heterocycles. The highest BCUT2D eigenvalue weighted by molar-refractivity contribution is 7.13. The lowest BCUT2D eigenvalue weighted by molar-refractivity contribution is 0.0703. The SMILES string of the molecule is Cc1ccc(C(=O)N2CCC[C@H](c3nnc(-c4ccccc4)o3)C2)s1. The molecule has 0 N–H and O–H groups in total. The van der Waals surface area contributed by atoms with E-state index < -0.39 is 0 Å². The van der Waals surface area contributed by atoms with E-state index in [4.69, 9.17) is 4.42 Å². The lowest BCUT2D eigenvalue weighted by Crippen LogP contribution is -2.38. The average molecular weight is 353 g/mol. The molecule has 128 valence electrons. The molecule has 4 rings (SSSR count). The third kappa shape index (κ3) is 3.35. The van der Waals surface area contributed by atoms with Crippen molar-refractivity contribution in [2.45, 2.75) is 25.7 Å². The van der Waals surface area contributed by atoms with Crippen LogP contribution < -0.4 is 0 Å². The summed E-state index contributed by atoms with van der Waals surface area (Å²) in [6.07, 6.45) is 1.91. The second-order valence-corrected chi connectivity index (χ2v) is 7.60. The number of piperidine rings is 1.